The minimum Gasteiger partial charge on any atom is -0.465 e. The maximum atomic E-state index is 11.9. The molecule has 2 N–H and O–H groups in total. The van der Waals surface area contributed by atoms with Crippen molar-refractivity contribution in [3.05, 3.63) is 11.9 Å². The maximum absolute atomic E-state index is 11.9. The Morgan fingerprint density at radius 1 is 1.63 bits per heavy atom. The molecule has 108 valence electrons. The second-order valence-electron chi connectivity index (χ2n) is 3.76. The van der Waals surface area contributed by atoms with E-state index in [0.29, 0.717) is 32.0 Å². The predicted octanol–water partition coefficient (Wildman–Crippen LogP) is -0.889. The van der Waals surface area contributed by atoms with Crippen LogP contribution in [0.15, 0.2) is 6.20 Å². The van der Waals surface area contributed by atoms with Crippen molar-refractivity contribution in [1.82, 2.24) is 20.3 Å². The summed E-state index contributed by atoms with van der Waals surface area (Å²) in [6, 6.07) is -0.678. The summed E-state index contributed by atoms with van der Waals surface area (Å²) in [5, 5.41) is 19.6. The number of nitrogens with zero attached hydrogens (tertiary/aromatic N) is 3. The SMILES string of the molecule is CCOC(=O)C(NCCOC)c1cn(CCO)nn1. The van der Waals surface area contributed by atoms with Gasteiger partial charge in [0.05, 0.1) is 32.6 Å². The van der Waals surface area contributed by atoms with Gasteiger partial charge in [-0.2, -0.15) is 0 Å². The van der Waals surface area contributed by atoms with Gasteiger partial charge in [-0.1, -0.05) is 5.21 Å². The summed E-state index contributed by atoms with van der Waals surface area (Å²) < 4.78 is 11.4. The average Bonchev–Trinajstić information content (AvgIpc) is 2.84. The predicted molar refractivity (Wildman–Crippen MR) is 66.4 cm³/mol. The van der Waals surface area contributed by atoms with E-state index >= 15 is 0 Å². The Morgan fingerprint density at radius 3 is 3.05 bits per heavy atom. The topological polar surface area (TPSA) is 98.5 Å². The number of esters is 1. The first-order valence-corrected chi connectivity index (χ1v) is 6.12. The smallest absolute Gasteiger partial charge is 0.329 e. The highest BCUT2D eigenvalue weighted by molar-refractivity contribution is 5.76. The summed E-state index contributed by atoms with van der Waals surface area (Å²) in [6.45, 7) is 3.30. The fraction of sp³-hybridized carbons (Fsp3) is 0.727. The summed E-state index contributed by atoms with van der Waals surface area (Å²) in [5.74, 6) is -0.408. The molecular formula is C11H20N4O4. The number of carbonyl (C=O) groups excluding carboxylic acids is 1. The minimum absolute atomic E-state index is 0.0377. The lowest BCUT2D eigenvalue weighted by atomic mass is 10.2. The third kappa shape index (κ3) is 4.93. The van der Waals surface area contributed by atoms with Gasteiger partial charge >= 0.3 is 5.97 Å². The van der Waals surface area contributed by atoms with Gasteiger partial charge in [-0.05, 0) is 6.92 Å². The summed E-state index contributed by atoms with van der Waals surface area (Å²) >= 11 is 0. The van der Waals surface area contributed by atoms with Crippen LogP contribution in [0, 0.1) is 0 Å². The molecule has 1 atom stereocenters. The van der Waals surface area contributed by atoms with Gasteiger partial charge < -0.3 is 14.6 Å². The van der Waals surface area contributed by atoms with Crippen LogP contribution in [0.25, 0.3) is 0 Å². The molecule has 0 aliphatic heterocycles. The van der Waals surface area contributed by atoms with Crippen LogP contribution >= 0.6 is 0 Å². The number of ether oxygens (including phenoxy) is 2. The fourth-order valence-corrected chi connectivity index (χ4v) is 1.50. The van der Waals surface area contributed by atoms with Crippen LogP contribution < -0.4 is 5.32 Å². The van der Waals surface area contributed by atoms with Gasteiger partial charge in [0.15, 0.2) is 6.04 Å². The van der Waals surface area contributed by atoms with E-state index in [4.69, 9.17) is 14.6 Å². The monoisotopic (exact) mass is 272 g/mol. The van der Waals surface area contributed by atoms with Crippen LogP contribution in [-0.2, 0) is 20.8 Å². The number of hydrogen-bond acceptors (Lipinski definition) is 7. The van der Waals surface area contributed by atoms with E-state index in [1.807, 2.05) is 0 Å². The van der Waals surface area contributed by atoms with Crippen LogP contribution in [0.5, 0.6) is 0 Å². The lowest BCUT2D eigenvalue weighted by molar-refractivity contribution is -0.146. The van der Waals surface area contributed by atoms with E-state index in [0.717, 1.165) is 0 Å². The lowest BCUT2D eigenvalue weighted by Gasteiger charge is -2.14. The van der Waals surface area contributed by atoms with E-state index in [1.165, 1.54) is 4.68 Å². The van der Waals surface area contributed by atoms with Crippen LogP contribution in [-0.4, -0.2) is 59.5 Å². The fourth-order valence-electron chi connectivity index (χ4n) is 1.50. The van der Waals surface area contributed by atoms with Crippen LogP contribution in [0.3, 0.4) is 0 Å². The molecule has 0 aliphatic rings. The molecule has 0 saturated carbocycles. The molecule has 0 aromatic carbocycles. The number of hydrogen-bond donors (Lipinski definition) is 2. The number of rotatable bonds is 9. The molecule has 1 heterocycles. The molecule has 0 fully saturated rings. The summed E-state index contributed by atoms with van der Waals surface area (Å²) in [7, 11) is 1.58. The number of aliphatic hydroxyl groups is 1. The molecular weight excluding hydrogens is 252 g/mol. The van der Waals surface area contributed by atoms with Crippen molar-refractivity contribution in [2.45, 2.75) is 19.5 Å². The third-order valence-electron chi connectivity index (χ3n) is 2.36. The van der Waals surface area contributed by atoms with Crippen molar-refractivity contribution in [1.29, 1.82) is 0 Å². The summed E-state index contributed by atoms with van der Waals surface area (Å²) in [4.78, 5) is 11.9. The van der Waals surface area contributed by atoms with Gasteiger partial charge in [-0.15, -0.1) is 5.10 Å². The lowest BCUT2D eigenvalue weighted by Crippen LogP contribution is -2.32. The number of aliphatic hydroxyl groups excluding tert-OH is 1. The van der Waals surface area contributed by atoms with Gasteiger partial charge in [0.2, 0.25) is 0 Å². The highest BCUT2D eigenvalue weighted by Crippen LogP contribution is 2.11. The Bertz CT molecular complexity index is 383. The second-order valence-corrected chi connectivity index (χ2v) is 3.76. The van der Waals surface area contributed by atoms with E-state index in [-0.39, 0.29) is 6.61 Å². The van der Waals surface area contributed by atoms with Crippen LogP contribution in [0.1, 0.15) is 18.7 Å². The standard InChI is InChI=1S/C11H20N4O4/c1-3-19-11(17)10(12-4-7-18-2)9-8-15(5-6-16)14-13-9/h8,10,12,16H,3-7H2,1-2H3. The van der Waals surface area contributed by atoms with Crippen LogP contribution in [0.4, 0.5) is 0 Å². The molecule has 1 rings (SSSR count). The Hall–Kier alpha value is -1.51. The third-order valence-corrected chi connectivity index (χ3v) is 2.36. The van der Waals surface area contributed by atoms with Crippen molar-refractivity contribution in [3.8, 4) is 0 Å². The molecule has 0 aliphatic carbocycles. The minimum atomic E-state index is -0.678. The van der Waals surface area contributed by atoms with Crippen LogP contribution in [0.2, 0.25) is 0 Å². The van der Waals surface area contributed by atoms with E-state index < -0.39 is 12.0 Å². The summed E-state index contributed by atoms with van der Waals surface area (Å²) in [6.07, 6.45) is 1.61. The molecule has 0 spiro atoms. The number of methoxy groups -OCH3 is 1. The summed E-state index contributed by atoms with van der Waals surface area (Å²) in [5.41, 5.74) is 0.461. The zero-order chi connectivity index (χ0) is 14.1. The highest BCUT2D eigenvalue weighted by atomic mass is 16.5. The van der Waals surface area contributed by atoms with Crippen molar-refractivity contribution in [3.63, 3.8) is 0 Å². The average molecular weight is 272 g/mol. The molecule has 8 heteroatoms. The molecule has 8 nitrogen and oxygen atoms in total. The van der Waals surface area contributed by atoms with Gasteiger partial charge in [0.1, 0.15) is 5.69 Å². The van der Waals surface area contributed by atoms with Crippen molar-refractivity contribution < 1.29 is 19.4 Å². The van der Waals surface area contributed by atoms with Crippen molar-refractivity contribution in [2.75, 3.05) is 33.5 Å². The largest absolute Gasteiger partial charge is 0.465 e. The molecule has 1 aromatic heterocycles. The highest BCUT2D eigenvalue weighted by Gasteiger charge is 2.24. The Labute approximate surface area is 111 Å². The zero-order valence-corrected chi connectivity index (χ0v) is 11.2. The van der Waals surface area contributed by atoms with Gasteiger partial charge in [-0.3, -0.25) is 5.32 Å². The molecule has 0 saturated heterocycles. The number of nitrogens with one attached hydrogen (secondary N) is 1. The molecule has 1 aromatic rings. The molecule has 1 unspecified atom stereocenters. The van der Waals surface area contributed by atoms with Crippen molar-refractivity contribution in [2.24, 2.45) is 0 Å². The van der Waals surface area contributed by atoms with E-state index in [1.54, 1.807) is 20.2 Å². The first-order valence-electron chi connectivity index (χ1n) is 6.12. The first-order chi connectivity index (χ1) is 9.22. The number of carbonyl (C=O) groups is 1. The van der Waals surface area contributed by atoms with E-state index in [9.17, 15) is 4.79 Å². The maximum Gasteiger partial charge on any atom is 0.329 e. The molecule has 0 radical (unpaired) electrons. The van der Waals surface area contributed by atoms with E-state index in [2.05, 4.69) is 15.6 Å². The quantitative estimate of drug-likeness (QED) is 0.444. The van der Waals surface area contributed by atoms with Crippen molar-refractivity contribution >= 4 is 5.97 Å². The normalized spacial score (nSPS) is 12.4. The van der Waals surface area contributed by atoms with Gasteiger partial charge in [-0.25, -0.2) is 9.48 Å². The molecule has 0 bridgehead atoms. The Morgan fingerprint density at radius 2 is 2.42 bits per heavy atom. The Kier molecular flexibility index (Phi) is 7.01. The van der Waals surface area contributed by atoms with Gasteiger partial charge in [0, 0.05) is 13.7 Å². The zero-order valence-electron chi connectivity index (χ0n) is 11.2. The number of aromatic nitrogens is 3. The molecule has 19 heavy (non-hydrogen) atoms. The first kappa shape index (κ1) is 15.5. The van der Waals surface area contributed by atoms with Gasteiger partial charge in [0.25, 0.3) is 0 Å². The second kappa shape index (κ2) is 8.57. The Balaban J connectivity index is 2.72. The molecule has 0 amide bonds.